The molecule has 9 fully saturated rings. The number of rotatable bonds is 5. The molecule has 9 rings (SSSR count). The maximum Gasteiger partial charge on any atom is 0.226 e. The third-order valence-corrected chi connectivity index (χ3v) is 12.1. The molecule has 0 aliphatic heterocycles. The number of hydrogen-bond acceptors (Lipinski definition) is 2. The fraction of sp³-hybridized carbons (Fsp3) is 0.933. The van der Waals surface area contributed by atoms with Crippen molar-refractivity contribution < 1.29 is 9.59 Å². The molecule has 8 bridgehead atoms. The van der Waals surface area contributed by atoms with E-state index in [1.165, 1.54) is 38.5 Å². The molecule has 9 aliphatic carbocycles. The van der Waals surface area contributed by atoms with Crippen LogP contribution in [0.3, 0.4) is 0 Å². The average molecular weight is 467 g/mol. The lowest BCUT2D eigenvalue weighted by Crippen LogP contribution is -2.58. The van der Waals surface area contributed by atoms with E-state index in [0.717, 1.165) is 99.7 Å². The normalized spacial score (nSPS) is 52.6. The molecule has 2 atom stereocenters. The lowest BCUT2D eigenvalue weighted by Gasteiger charge is -2.56. The summed E-state index contributed by atoms with van der Waals surface area (Å²) < 4.78 is 0. The summed E-state index contributed by atoms with van der Waals surface area (Å²) >= 11 is 0. The Morgan fingerprint density at radius 1 is 0.559 bits per heavy atom. The zero-order chi connectivity index (χ0) is 23.1. The van der Waals surface area contributed by atoms with Crippen LogP contribution in [-0.4, -0.2) is 23.9 Å². The fourth-order valence-corrected chi connectivity index (χ4v) is 11.5. The van der Waals surface area contributed by atoms with Gasteiger partial charge in [0.25, 0.3) is 0 Å². The second-order valence-corrected chi connectivity index (χ2v) is 14.7. The molecule has 2 N–H and O–H groups in total. The minimum Gasteiger partial charge on any atom is -0.353 e. The third-order valence-electron chi connectivity index (χ3n) is 12.1. The Kier molecular flexibility index (Phi) is 5.19. The van der Waals surface area contributed by atoms with Gasteiger partial charge in [-0.05, 0) is 138 Å². The van der Waals surface area contributed by atoms with Crippen LogP contribution in [0.15, 0.2) is 0 Å². The van der Waals surface area contributed by atoms with Gasteiger partial charge in [0.15, 0.2) is 0 Å². The van der Waals surface area contributed by atoms with Crippen molar-refractivity contribution in [2.75, 3.05) is 0 Å². The highest BCUT2D eigenvalue weighted by atomic mass is 16.2. The van der Waals surface area contributed by atoms with Crippen LogP contribution in [0, 0.1) is 52.3 Å². The van der Waals surface area contributed by atoms with Gasteiger partial charge < -0.3 is 10.6 Å². The molecule has 9 saturated carbocycles. The van der Waals surface area contributed by atoms with Gasteiger partial charge in [-0.2, -0.15) is 0 Å². The summed E-state index contributed by atoms with van der Waals surface area (Å²) in [6.07, 6.45) is 19.4. The first-order valence-corrected chi connectivity index (χ1v) is 15.0. The predicted molar refractivity (Wildman–Crippen MR) is 133 cm³/mol. The molecule has 0 aromatic carbocycles. The summed E-state index contributed by atoms with van der Waals surface area (Å²) in [5.74, 6) is 6.19. The van der Waals surface area contributed by atoms with Gasteiger partial charge in [-0.3, -0.25) is 9.59 Å². The number of carbonyl (C=O) groups excluding carboxylic acids is 2. The van der Waals surface area contributed by atoms with E-state index in [2.05, 4.69) is 17.6 Å². The minimum absolute atomic E-state index is 0.0636. The first-order valence-electron chi connectivity index (χ1n) is 15.0. The topological polar surface area (TPSA) is 58.2 Å². The van der Waals surface area contributed by atoms with Gasteiger partial charge in [-0.1, -0.05) is 13.3 Å². The van der Waals surface area contributed by atoms with Gasteiger partial charge in [-0.15, -0.1) is 0 Å². The van der Waals surface area contributed by atoms with Gasteiger partial charge >= 0.3 is 0 Å². The molecule has 0 spiro atoms. The van der Waals surface area contributed by atoms with E-state index in [1.807, 2.05) is 0 Å². The van der Waals surface area contributed by atoms with Crippen molar-refractivity contribution in [1.82, 2.24) is 10.6 Å². The van der Waals surface area contributed by atoms with Crippen molar-refractivity contribution in [2.45, 2.75) is 122 Å². The number of hydrogen-bond donors (Lipinski definition) is 2. The van der Waals surface area contributed by atoms with Crippen LogP contribution in [0.2, 0.25) is 0 Å². The van der Waals surface area contributed by atoms with Crippen LogP contribution in [-0.2, 0) is 9.59 Å². The molecule has 0 aromatic heterocycles. The molecule has 0 saturated heterocycles. The number of nitrogens with one attached hydrogen (secondary N) is 2. The second-order valence-electron chi connectivity index (χ2n) is 14.7. The van der Waals surface area contributed by atoms with Crippen molar-refractivity contribution >= 4 is 11.8 Å². The number of amides is 2. The van der Waals surface area contributed by atoms with E-state index in [0.29, 0.717) is 17.7 Å². The van der Waals surface area contributed by atoms with Gasteiger partial charge in [0.05, 0.1) is 0 Å². The van der Waals surface area contributed by atoms with Crippen molar-refractivity contribution in [3.63, 3.8) is 0 Å². The van der Waals surface area contributed by atoms with E-state index in [9.17, 15) is 9.59 Å². The Hall–Kier alpha value is -1.06. The fourth-order valence-electron chi connectivity index (χ4n) is 11.5. The summed E-state index contributed by atoms with van der Waals surface area (Å²) in [7, 11) is 0. The third kappa shape index (κ3) is 3.67. The lowest BCUT2D eigenvalue weighted by molar-refractivity contribution is -0.148. The van der Waals surface area contributed by atoms with Crippen LogP contribution in [0.25, 0.3) is 0 Å². The highest BCUT2D eigenvalue weighted by molar-refractivity contribution is 5.84. The summed E-state index contributed by atoms with van der Waals surface area (Å²) in [6, 6.07) is 0.474. The average Bonchev–Trinajstić information content (AvgIpc) is 2.77. The molecule has 188 valence electrons. The summed E-state index contributed by atoms with van der Waals surface area (Å²) in [5, 5.41) is 7.18. The molecule has 4 nitrogen and oxygen atoms in total. The molecular formula is C30H46N2O2. The monoisotopic (exact) mass is 466 g/mol. The number of carbonyl (C=O) groups is 2. The first kappa shape index (κ1) is 22.2. The lowest BCUT2D eigenvalue weighted by atomic mass is 9.49. The van der Waals surface area contributed by atoms with E-state index >= 15 is 0 Å². The van der Waals surface area contributed by atoms with Crippen molar-refractivity contribution in [3.05, 3.63) is 0 Å². The zero-order valence-electron chi connectivity index (χ0n) is 21.3. The quantitative estimate of drug-likeness (QED) is 0.554. The zero-order valence-corrected chi connectivity index (χ0v) is 21.3. The maximum atomic E-state index is 13.7. The summed E-state index contributed by atoms with van der Waals surface area (Å²) in [5.41, 5.74) is -0.127. The van der Waals surface area contributed by atoms with Gasteiger partial charge in [0, 0.05) is 22.9 Å². The Morgan fingerprint density at radius 3 is 1.18 bits per heavy atom. The first-order chi connectivity index (χ1) is 16.4. The SMILES string of the molecule is CCC1CC(NC(=O)C23CC4CC(CC(C4)C2)C3)CC(NC(=O)C23CC4CC(CC(C4)C2)C3)C1. The van der Waals surface area contributed by atoms with Gasteiger partial charge in [0.1, 0.15) is 0 Å². The summed E-state index contributed by atoms with van der Waals surface area (Å²) in [4.78, 5) is 27.4. The van der Waals surface area contributed by atoms with Crippen molar-refractivity contribution in [3.8, 4) is 0 Å². The van der Waals surface area contributed by atoms with Crippen LogP contribution in [0.5, 0.6) is 0 Å². The largest absolute Gasteiger partial charge is 0.353 e. The Bertz CT molecular complexity index is 712. The van der Waals surface area contributed by atoms with E-state index < -0.39 is 0 Å². The Morgan fingerprint density at radius 2 is 0.882 bits per heavy atom. The predicted octanol–water partition coefficient (Wildman–Crippen LogP) is 5.60. The van der Waals surface area contributed by atoms with Gasteiger partial charge in [-0.25, -0.2) is 0 Å². The highest BCUT2D eigenvalue weighted by Crippen LogP contribution is 2.61. The molecule has 4 heteroatoms. The van der Waals surface area contributed by atoms with E-state index in [1.54, 1.807) is 0 Å². The van der Waals surface area contributed by atoms with E-state index in [4.69, 9.17) is 0 Å². The van der Waals surface area contributed by atoms with Crippen LogP contribution in [0.1, 0.15) is 110 Å². The molecule has 2 amide bonds. The Balaban J connectivity index is 1.02. The second kappa shape index (κ2) is 7.97. The smallest absolute Gasteiger partial charge is 0.226 e. The molecule has 0 heterocycles. The van der Waals surface area contributed by atoms with Gasteiger partial charge in [0.2, 0.25) is 11.8 Å². The summed E-state index contributed by atoms with van der Waals surface area (Å²) in [6.45, 7) is 2.28. The minimum atomic E-state index is -0.0636. The van der Waals surface area contributed by atoms with Crippen molar-refractivity contribution in [2.24, 2.45) is 52.3 Å². The van der Waals surface area contributed by atoms with Crippen molar-refractivity contribution in [1.29, 1.82) is 0 Å². The molecule has 9 aliphatic rings. The molecule has 34 heavy (non-hydrogen) atoms. The highest BCUT2D eigenvalue weighted by Gasteiger charge is 2.56. The van der Waals surface area contributed by atoms with Crippen LogP contribution in [0.4, 0.5) is 0 Å². The Labute approximate surface area is 206 Å². The van der Waals surface area contributed by atoms with E-state index in [-0.39, 0.29) is 22.9 Å². The van der Waals surface area contributed by atoms with Crippen LogP contribution >= 0.6 is 0 Å². The molecule has 2 unspecified atom stereocenters. The molecular weight excluding hydrogens is 420 g/mol. The molecule has 0 radical (unpaired) electrons. The standard InChI is InChI=1S/C30H46N2O2/c1-2-18-9-25(31-27(33)29-12-19-3-20(13-29)5-21(4-19)14-29)11-26(10-18)32-28(34)30-15-22-6-23(16-30)8-24(7-22)17-30/h18-26H,2-17H2,1H3,(H,31,33)(H,32,34). The molecule has 0 aromatic rings. The maximum absolute atomic E-state index is 13.7. The van der Waals surface area contributed by atoms with Crippen LogP contribution < -0.4 is 10.6 Å².